The van der Waals surface area contributed by atoms with Gasteiger partial charge in [0.05, 0.1) is 10.6 Å². The highest BCUT2D eigenvalue weighted by Crippen LogP contribution is 2.28. The van der Waals surface area contributed by atoms with E-state index in [1.54, 1.807) is 0 Å². The maximum absolute atomic E-state index is 13.3. The van der Waals surface area contributed by atoms with Crippen molar-refractivity contribution in [1.29, 1.82) is 0 Å². The van der Waals surface area contributed by atoms with Gasteiger partial charge in [0.15, 0.2) is 6.29 Å². The minimum absolute atomic E-state index is 0.0488. The smallest absolute Gasteiger partial charge is 0.156 e. The molecule has 0 bridgehead atoms. The number of aldehydes is 1. The van der Waals surface area contributed by atoms with Crippen LogP contribution in [0.25, 0.3) is 0 Å². The first kappa shape index (κ1) is 12.5. The largest absolute Gasteiger partial charge is 0.456 e. The van der Waals surface area contributed by atoms with Gasteiger partial charge in [-0.15, -0.1) is 0 Å². The molecule has 18 heavy (non-hydrogen) atoms. The van der Waals surface area contributed by atoms with Crippen LogP contribution in [-0.4, -0.2) is 6.29 Å². The van der Waals surface area contributed by atoms with E-state index >= 15 is 0 Å². The Morgan fingerprint density at radius 2 is 1.89 bits per heavy atom. The summed E-state index contributed by atoms with van der Waals surface area (Å²) in [5.74, 6) is -1.00. The van der Waals surface area contributed by atoms with Gasteiger partial charge in [-0.3, -0.25) is 4.79 Å². The Balaban J connectivity index is 2.36. The summed E-state index contributed by atoms with van der Waals surface area (Å²) in [4.78, 5) is 10.8. The van der Waals surface area contributed by atoms with Gasteiger partial charge in [0.1, 0.15) is 23.1 Å². The molecule has 0 aromatic heterocycles. The van der Waals surface area contributed by atoms with Crippen LogP contribution < -0.4 is 4.74 Å². The summed E-state index contributed by atoms with van der Waals surface area (Å²) in [6.07, 6.45) is 0.357. The molecule has 2 aromatic carbocycles. The number of hydrogen-bond donors (Lipinski definition) is 0. The van der Waals surface area contributed by atoms with Gasteiger partial charge in [0.2, 0.25) is 0 Å². The van der Waals surface area contributed by atoms with E-state index in [1.807, 2.05) is 0 Å². The maximum Gasteiger partial charge on any atom is 0.156 e. The molecule has 2 rings (SSSR count). The molecule has 2 nitrogen and oxygen atoms in total. The van der Waals surface area contributed by atoms with E-state index in [2.05, 4.69) is 0 Å². The van der Waals surface area contributed by atoms with Crippen molar-refractivity contribution >= 4 is 17.9 Å². The van der Waals surface area contributed by atoms with Gasteiger partial charge in [0, 0.05) is 6.07 Å². The van der Waals surface area contributed by atoms with Crippen LogP contribution in [-0.2, 0) is 0 Å². The molecule has 0 saturated carbocycles. The van der Waals surface area contributed by atoms with Crippen molar-refractivity contribution in [2.24, 2.45) is 0 Å². The summed E-state index contributed by atoms with van der Waals surface area (Å²) in [5, 5.41) is -0.114. The zero-order valence-electron chi connectivity index (χ0n) is 8.99. The summed E-state index contributed by atoms with van der Waals surface area (Å²) in [7, 11) is 0. The number of halogens is 3. The highest BCUT2D eigenvalue weighted by atomic mass is 35.5. The first-order valence-corrected chi connectivity index (χ1v) is 5.36. The minimum atomic E-state index is -0.685. The summed E-state index contributed by atoms with van der Waals surface area (Å²) in [5.41, 5.74) is -0.196. The molecular formula is C13H7ClF2O2. The SMILES string of the molecule is O=Cc1c(F)cccc1Oc1ccc(F)c(Cl)c1. The van der Waals surface area contributed by atoms with Gasteiger partial charge in [-0.2, -0.15) is 0 Å². The molecule has 0 radical (unpaired) electrons. The Labute approximate surface area is 107 Å². The second-order valence-electron chi connectivity index (χ2n) is 3.45. The lowest BCUT2D eigenvalue weighted by Crippen LogP contribution is -1.94. The topological polar surface area (TPSA) is 26.3 Å². The van der Waals surface area contributed by atoms with Crippen LogP contribution in [0.5, 0.6) is 11.5 Å². The van der Waals surface area contributed by atoms with Gasteiger partial charge in [-0.25, -0.2) is 8.78 Å². The van der Waals surface area contributed by atoms with E-state index in [9.17, 15) is 13.6 Å². The second kappa shape index (κ2) is 5.14. The molecule has 5 heteroatoms. The fourth-order valence-electron chi connectivity index (χ4n) is 1.39. The molecule has 0 fully saturated rings. The number of hydrogen-bond acceptors (Lipinski definition) is 2. The number of carbonyl (C=O) groups excluding carboxylic acids is 1. The Kier molecular flexibility index (Phi) is 3.58. The van der Waals surface area contributed by atoms with Crippen molar-refractivity contribution in [1.82, 2.24) is 0 Å². The molecule has 2 aromatic rings. The Morgan fingerprint density at radius 1 is 1.11 bits per heavy atom. The molecule has 0 saturated heterocycles. The fraction of sp³-hybridized carbons (Fsp3) is 0. The summed E-state index contributed by atoms with van der Waals surface area (Å²) < 4.78 is 31.5. The number of ether oxygens (including phenoxy) is 1. The minimum Gasteiger partial charge on any atom is -0.456 e. The van der Waals surface area contributed by atoms with Crippen LogP contribution >= 0.6 is 11.6 Å². The number of rotatable bonds is 3. The average Bonchev–Trinajstić information content (AvgIpc) is 2.34. The van der Waals surface area contributed by atoms with Crippen molar-refractivity contribution in [3.63, 3.8) is 0 Å². The van der Waals surface area contributed by atoms with Gasteiger partial charge >= 0.3 is 0 Å². The molecule has 0 spiro atoms. The summed E-state index contributed by atoms with van der Waals surface area (Å²) >= 11 is 5.59. The van der Waals surface area contributed by atoms with Crippen LogP contribution in [0.2, 0.25) is 5.02 Å². The van der Waals surface area contributed by atoms with Crippen molar-refractivity contribution in [2.45, 2.75) is 0 Å². The molecule has 0 heterocycles. The predicted octanol–water partition coefficient (Wildman–Crippen LogP) is 4.22. The molecule has 0 atom stereocenters. The average molecular weight is 269 g/mol. The van der Waals surface area contributed by atoms with Crippen LogP contribution in [0, 0.1) is 11.6 Å². The lowest BCUT2D eigenvalue weighted by Gasteiger charge is -2.08. The summed E-state index contributed by atoms with van der Waals surface area (Å²) in [6, 6.07) is 7.69. The van der Waals surface area contributed by atoms with Crippen molar-refractivity contribution in [3.05, 3.63) is 58.6 Å². The first-order valence-electron chi connectivity index (χ1n) is 4.98. The van der Waals surface area contributed by atoms with Crippen LogP contribution in [0.15, 0.2) is 36.4 Å². The van der Waals surface area contributed by atoms with E-state index in [-0.39, 0.29) is 22.1 Å². The fourth-order valence-corrected chi connectivity index (χ4v) is 1.56. The quantitative estimate of drug-likeness (QED) is 0.779. The summed E-state index contributed by atoms with van der Waals surface area (Å²) in [6.45, 7) is 0. The van der Waals surface area contributed by atoms with E-state index < -0.39 is 11.6 Å². The number of carbonyl (C=O) groups is 1. The predicted molar refractivity (Wildman–Crippen MR) is 63.3 cm³/mol. The molecular weight excluding hydrogens is 262 g/mol. The standard InChI is InChI=1S/C13H7ClF2O2/c14-10-6-8(4-5-12(10)16)18-13-3-1-2-11(15)9(13)7-17/h1-7H. The lowest BCUT2D eigenvalue weighted by molar-refractivity contribution is 0.111. The van der Waals surface area contributed by atoms with Gasteiger partial charge in [-0.05, 0) is 24.3 Å². The van der Waals surface area contributed by atoms with Gasteiger partial charge < -0.3 is 4.74 Å². The Morgan fingerprint density at radius 3 is 2.56 bits per heavy atom. The molecule has 0 aliphatic heterocycles. The molecule has 0 amide bonds. The molecule has 0 aliphatic carbocycles. The van der Waals surface area contributed by atoms with E-state index in [4.69, 9.17) is 16.3 Å². The van der Waals surface area contributed by atoms with E-state index in [0.29, 0.717) is 6.29 Å². The normalized spacial score (nSPS) is 10.2. The second-order valence-corrected chi connectivity index (χ2v) is 3.85. The van der Waals surface area contributed by atoms with E-state index in [1.165, 1.54) is 24.3 Å². The third-order valence-corrected chi connectivity index (χ3v) is 2.54. The highest BCUT2D eigenvalue weighted by molar-refractivity contribution is 6.30. The molecule has 0 aliphatic rings. The zero-order chi connectivity index (χ0) is 13.1. The maximum atomic E-state index is 13.3. The van der Waals surface area contributed by atoms with Crippen molar-refractivity contribution in [2.75, 3.05) is 0 Å². The zero-order valence-corrected chi connectivity index (χ0v) is 9.75. The van der Waals surface area contributed by atoms with Crippen LogP contribution in [0.1, 0.15) is 10.4 Å². The van der Waals surface area contributed by atoms with Crippen molar-refractivity contribution in [3.8, 4) is 11.5 Å². The van der Waals surface area contributed by atoms with Crippen LogP contribution in [0.4, 0.5) is 8.78 Å². The van der Waals surface area contributed by atoms with Crippen molar-refractivity contribution < 1.29 is 18.3 Å². The van der Waals surface area contributed by atoms with Crippen LogP contribution in [0.3, 0.4) is 0 Å². The highest BCUT2D eigenvalue weighted by Gasteiger charge is 2.10. The lowest BCUT2D eigenvalue weighted by atomic mass is 10.2. The Bertz CT molecular complexity index is 600. The Hall–Kier alpha value is -1.94. The van der Waals surface area contributed by atoms with E-state index in [0.717, 1.165) is 12.1 Å². The monoisotopic (exact) mass is 268 g/mol. The van der Waals surface area contributed by atoms with Gasteiger partial charge in [-0.1, -0.05) is 17.7 Å². The third kappa shape index (κ3) is 2.49. The van der Waals surface area contributed by atoms with Gasteiger partial charge in [0.25, 0.3) is 0 Å². The first-order chi connectivity index (χ1) is 8.61. The molecule has 0 unspecified atom stereocenters. The molecule has 92 valence electrons. The third-order valence-electron chi connectivity index (χ3n) is 2.25. The molecule has 0 N–H and O–H groups in total. The number of benzene rings is 2.